The molecule has 0 bridgehead atoms. The normalized spacial score (nSPS) is 12.0. The zero-order valence-electron chi connectivity index (χ0n) is 22.7. The van der Waals surface area contributed by atoms with E-state index in [0.717, 1.165) is 15.3 Å². The van der Waals surface area contributed by atoms with Crippen molar-refractivity contribution in [3.8, 4) is 5.75 Å². The van der Waals surface area contributed by atoms with Gasteiger partial charge in [-0.25, -0.2) is 0 Å². The molecule has 3 heteroatoms. The number of allylic oxidation sites excluding steroid dienone is 3. The van der Waals surface area contributed by atoms with Crippen molar-refractivity contribution < 1.29 is 26.5 Å². The summed E-state index contributed by atoms with van der Waals surface area (Å²) in [5, 5.41) is 2.66. The Bertz CT molecular complexity index is 955. The molecule has 0 unspecified atom stereocenters. The number of ether oxygens (including phenoxy) is 1. The Kier molecular flexibility index (Phi) is 15.2. The van der Waals surface area contributed by atoms with Gasteiger partial charge in [-0.2, -0.15) is 17.5 Å². The minimum atomic E-state index is 0. The van der Waals surface area contributed by atoms with Crippen molar-refractivity contribution in [1.82, 2.24) is 0 Å². The Morgan fingerprint density at radius 1 is 0.853 bits per heavy atom. The first-order chi connectivity index (χ1) is 15.5. The van der Waals surface area contributed by atoms with Gasteiger partial charge in [0, 0.05) is 31.2 Å². The van der Waals surface area contributed by atoms with Crippen molar-refractivity contribution in [3.63, 3.8) is 0 Å². The van der Waals surface area contributed by atoms with E-state index in [1.807, 2.05) is 30.3 Å². The molecule has 0 saturated heterocycles. The van der Waals surface area contributed by atoms with Gasteiger partial charge in [-0.3, -0.25) is 0 Å². The van der Waals surface area contributed by atoms with Gasteiger partial charge in [-0.05, 0) is 41.0 Å². The van der Waals surface area contributed by atoms with Gasteiger partial charge >= 0.3 is 0 Å². The second-order valence-corrected chi connectivity index (χ2v) is 11.2. The molecule has 1 nitrogen and oxygen atoms in total. The number of benzene rings is 2. The van der Waals surface area contributed by atoms with Crippen LogP contribution in [0.15, 0.2) is 96.1 Å². The summed E-state index contributed by atoms with van der Waals surface area (Å²) in [6.07, 6.45) is 4.51. The Balaban J connectivity index is 0.000000686. The van der Waals surface area contributed by atoms with E-state index in [-0.39, 0.29) is 32.5 Å². The predicted molar refractivity (Wildman–Crippen MR) is 150 cm³/mol. The van der Waals surface area contributed by atoms with Crippen molar-refractivity contribution in [2.75, 3.05) is 6.61 Å². The van der Waals surface area contributed by atoms with E-state index >= 15 is 0 Å². The van der Waals surface area contributed by atoms with E-state index in [0.29, 0.717) is 6.61 Å². The molecule has 0 saturated carbocycles. The monoisotopic (exact) mass is 507 g/mol. The largest absolute Gasteiger partial charge is 0.489 e. The molecule has 34 heavy (non-hydrogen) atoms. The zero-order valence-corrected chi connectivity index (χ0v) is 25.3. The van der Waals surface area contributed by atoms with Crippen molar-refractivity contribution in [1.29, 1.82) is 0 Å². The summed E-state index contributed by atoms with van der Waals surface area (Å²) in [6.45, 7) is 20.5. The molecule has 0 heterocycles. The van der Waals surface area contributed by atoms with E-state index < -0.39 is 0 Å². The molecule has 3 rings (SSSR count). The van der Waals surface area contributed by atoms with Gasteiger partial charge < -0.3 is 4.74 Å². The maximum absolute atomic E-state index is 5.96. The minimum absolute atomic E-state index is 0. The molecule has 0 amide bonds. The number of rotatable bonds is 4. The maximum Gasteiger partial charge on any atom is 0.119 e. The molecule has 3 aromatic carbocycles. The van der Waals surface area contributed by atoms with E-state index in [2.05, 4.69) is 116 Å². The Morgan fingerprint density at radius 3 is 1.91 bits per heavy atom. The van der Waals surface area contributed by atoms with Gasteiger partial charge in [0.25, 0.3) is 0 Å². The molecule has 0 spiro atoms. The number of hydrogen-bond acceptors (Lipinski definition) is 1. The SMILES string of the molecule is CC=C(C=C(COc1ccccc1)C(C)(C)C)C(C)(C)C.C[Si]C.[Ti].c1ccc2[cH-]ccc2c1. The van der Waals surface area contributed by atoms with Crippen LogP contribution in [-0.4, -0.2) is 16.1 Å². The number of fused-ring (bicyclic) bond motifs is 1. The van der Waals surface area contributed by atoms with Crippen LogP contribution in [-0.2, 0) is 21.7 Å². The first-order valence-corrected chi connectivity index (χ1v) is 13.8. The van der Waals surface area contributed by atoms with E-state index in [9.17, 15) is 0 Å². The van der Waals surface area contributed by atoms with Crippen LogP contribution >= 0.6 is 0 Å². The minimum Gasteiger partial charge on any atom is -0.489 e. The quantitative estimate of drug-likeness (QED) is 0.194. The fraction of sp³-hybridized carbons (Fsp3) is 0.387. The third kappa shape index (κ3) is 12.1. The molecule has 3 aromatic rings. The van der Waals surface area contributed by atoms with E-state index in [4.69, 9.17) is 4.74 Å². The fourth-order valence-electron chi connectivity index (χ4n) is 3.14. The van der Waals surface area contributed by atoms with Crippen LogP contribution in [0.3, 0.4) is 0 Å². The van der Waals surface area contributed by atoms with Gasteiger partial charge in [-0.15, -0.1) is 29.7 Å². The summed E-state index contributed by atoms with van der Waals surface area (Å²) in [5.74, 6) is 0.922. The number of para-hydroxylation sites is 1. The molecule has 0 aromatic heterocycles. The number of hydrogen-bond donors (Lipinski definition) is 0. The van der Waals surface area contributed by atoms with E-state index in [1.54, 1.807) is 0 Å². The molecule has 0 N–H and O–H groups in total. The summed E-state index contributed by atoms with van der Waals surface area (Å²) in [5.41, 5.74) is 2.91. The standard InChI is InChI=1S/C20H30O.C9H7.C2H6Si.Ti/c1-8-16(19(2,3)4)14-17(20(5,6)7)15-21-18-12-10-9-11-13-18;1-2-5-9-7-3-6-8(9)4-1;1-3-2;/h8-14H,15H2,1-7H3;1-7H;1-2H3;/q;-1;;. The zero-order chi connectivity index (χ0) is 24.9. The Labute approximate surface area is 226 Å². The van der Waals surface area contributed by atoms with Gasteiger partial charge in [0.2, 0.25) is 0 Å². The third-order valence-electron chi connectivity index (χ3n) is 5.16. The maximum atomic E-state index is 5.96. The first kappa shape index (κ1) is 32.3. The second kappa shape index (κ2) is 16.0. The van der Waals surface area contributed by atoms with Crippen LogP contribution in [0, 0.1) is 10.8 Å². The van der Waals surface area contributed by atoms with Crippen LogP contribution in [0.1, 0.15) is 48.5 Å². The van der Waals surface area contributed by atoms with Crippen LogP contribution < -0.4 is 4.74 Å². The Morgan fingerprint density at radius 2 is 1.41 bits per heavy atom. The van der Waals surface area contributed by atoms with Crippen molar-refractivity contribution in [3.05, 3.63) is 96.1 Å². The third-order valence-corrected chi connectivity index (χ3v) is 5.16. The molecule has 182 valence electrons. The van der Waals surface area contributed by atoms with Gasteiger partial charge in [0.05, 0.1) is 0 Å². The van der Waals surface area contributed by atoms with Crippen molar-refractivity contribution >= 4 is 20.3 Å². The summed E-state index contributed by atoms with van der Waals surface area (Å²) < 4.78 is 5.96. The average molecular weight is 508 g/mol. The van der Waals surface area contributed by atoms with Crippen LogP contribution in [0.4, 0.5) is 0 Å². The van der Waals surface area contributed by atoms with Crippen LogP contribution in [0.5, 0.6) is 5.75 Å². The molecule has 0 aliphatic heterocycles. The van der Waals surface area contributed by atoms with Gasteiger partial charge in [0.15, 0.2) is 0 Å². The average Bonchev–Trinajstić information content (AvgIpc) is 3.23. The second-order valence-electron chi connectivity index (χ2n) is 10.2. The van der Waals surface area contributed by atoms with Gasteiger partial charge in [-0.1, -0.05) is 91.1 Å². The van der Waals surface area contributed by atoms with E-state index in [1.165, 1.54) is 21.9 Å². The molecular formula is C31H43OSiTi-. The fourth-order valence-corrected chi connectivity index (χ4v) is 3.14. The summed E-state index contributed by atoms with van der Waals surface area (Å²) in [7, 11) is 1.08. The van der Waals surface area contributed by atoms with Crippen molar-refractivity contribution in [2.24, 2.45) is 10.8 Å². The Hall–Kier alpha value is -1.74. The molecule has 0 aliphatic rings. The van der Waals surface area contributed by atoms with Gasteiger partial charge in [0.1, 0.15) is 12.4 Å². The summed E-state index contributed by atoms with van der Waals surface area (Å²) in [6, 6.07) is 24.7. The summed E-state index contributed by atoms with van der Waals surface area (Å²) >= 11 is 0. The smallest absolute Gasteiger partial charge is 0.119 e. The predicted octanol–water partition coefficient (Wildman–Crippen LogP) is 9.37. The molecular weight excluding hydrogens is 464 g/mol. The summed E-state index contributed by atoms with van der Waals surface area (Å²) in [4.78, 5) is 0. The molecule has 0 atom stereocenters. The molecule has 0 fully saturated rings. The molecule has 0 aliphatic carbocycles. The van der Waals surface area contributed by atoms with Crippen LogP contribution in [0.25, 0.3) is 10.8 Å². The first-order valence-electron chi connectivity index (χ1n) is 11.8. The molecule has 2 radical (unpaired) electrons. The van der Waals surface area contributed by atoms with Crippen LogP contribution in [0.2, 0.25) is 13.1 Å². The van der Waals surface area contributed by atoms with Crippen molar-refractivity contribution in [2.45, 2.75) is 61.6 Å². The topological polar surface area (TPSA) is 9.23 Å².